The van der Waals surface area contributed by atoms with E-state index in [1.165, 1.54) is 19.1 Å². The molecule has 0 saturated carbocycles. The third-order valence-electron chi connectivity index (χ3n) is 7.21. The third-order valence-corrected chi connectivity index (χ3v) is 7.21. The lowest BCUT2D eigenvalue weighted by molar-refractivity contribution is -0.132. The Labute approximate surface area is 223 Å². The fourth-order valence-corrected chi connectivity index (χ4v) is 4.89. The lowest BCUT2D eigenvalue weighted by Gasteiger charge is -2.27. The molecule has 4 rings (SSSR count). The Morgan fingerprint density at radius 1 is 0.895 bits per heavy atom. The van der Waals surface area contributed by atoms with Gasteiger partial charge >= 0.3 is 0 Å². The molecule has 0 aliphatic carbocycles. The number of aryl methyl sites for hydroxylation is 2. The summed E-state index contributed by atoms with van der Waals surface area (Å²) in [5.74, 6) is -0.879. The molecule has 1 aliphatic rings. The van der Waals surface area contributed by atoms with E-state index in [0.717, 1.165) is 29.9 Å². The second-order valence-corrected chi connectivity index (χ2v) is 9.27. The number of amides is 1. The molecular formula is C31H34N2O5. The van der Waals surface area contributed by atoms with Gasteiger partial charge in [0.1, 0.15) is 17.3 Å². The summed E-state index contributed by atoms with van der Waals surface area (Å²) < 4.78 is 10.8. The summed E-state index contributed by atoms with van der Waals surface area (Å²) in [6, 6.07) is 17.5. The van der Waals surface area contributed by atoms with Gasteiger partial charge in [-0.3, -0.25) is 14.5 Å². The second kappa shape index (κ2) is 11.0. The molecule has 1 aliphatic heterocycles. The Hall–Kier alpha value is -4.26. The minimum Gasteiger partial charge on any atom is -0.507 e. The van der Waals surface area contributed by atoms with Gasteiger partial charge < -0.3 is 19.5 Å². The Balaban J connectivity index is 1.94. The molecule has 7 nitrogen and oxygen atoms in total. The minimum absolute atomic E-state index is 0.00674. The van der Waals surface area contributed by atoms with Gasteiger partial charge in [0.25, 0.3) is 11.7 Å². The number of methoxy groups -OCH3 is 2. The van der Waals surface area contributed by atoms with Crippen LogP contribution in [0, 0.1) is 13.8 Å². The van der Waals surface area contributed by atoms with Gasteiger partial charge in [0.2, 0.25) is 0 Å². The van der Waals surface area contributed by atoms with Crippen LogP contribution < -0.4 is 19.3 Å². The van der Waals surface area contributed by atoms with Crippen molar-refractivity contribution in [1.82, 2.24) is 0 Å². The van der Waals surface area contributed by atoms with Crippen molar-refractivity contribution in [3.63, 3.8) is 0 Å². The van der Waals surface area contributed by atoms with Crippen LogP contribution in [0.3, 0.4) is 0 Å². The van der Waals surface area contributed by atoms with Gasteiger partial charge in [-0.25, -0.2) is 0 Å². The Bertz CT molecular complexity index is 1390. The van der Waals surface area contributed by atoms with Gasteiger partial charge in [0.05, 0.1) is 31.4 Å². The van der Waals surface area contributed by atoms with Crippen LogP contribution in [0.2, 0.25) is 0 Å². The summed E-state index contributed by atoms with van der Waals surface area (Å²) in [5, 5.41) is 11.5. The van der Waals surface area contributed by atoms with E-state index in [4.69, 9.17) is 9.47 Å². The number of ketones is 1. The average Bonchev–Trinajstić information content (AvgIpc) is 3.20. The smallest absolute Gasteiger partial charge is 0.300 e. The highest BCUT2D eigenvalue weighted by atomic mass is 16.5. The predicted octanol–water partition coefficient (Wildman–Crippen LogP) is 5.79. The zero-order chi connectivity index (χ0) is 27.6. The maximum Gasteiger partial charge on any atom is 0.300 e. The highest BCUT2D eigenvalue weighted by molar-refractivity contribution is 6.51. The first-order valence-electron chi connectivity index (χ1n) is 12.7. The van der Waals surface area contributed by atoms with Crippen LogP contribution in [0.5, 0.6) is 11.5 Å². The van der Waals surface area contributed by atoms with E-state index in [2.05, 4.69) is 18.7 Å². The summed E-state index contributed by atoms with van der Waals surface area (Å²) in [7, 11) is 3.01. The van der Waals surface area contributed by atoms with Crippen LogP contribution in [-0.2, 0) is 9.59 Å². The zero-order valence-corrected chi connectivity index (χ0v) is 22.7. The number of rotatable bonds is 8. The number of carbonyl (C=O) groups excluding carboxylic acids is 2. The van der Waals surface area contributed by atoms with E-state index in [9.17, 15) is 14.7 Å². The van der Waals surface area contributed by atoms with Gasteiger partial charge in [-0.1, -0.05) is 18.2 Å². The summed E-state index contributed by atoms with van der Waals surface area (Å²) in [6.07, 6.45) is 0. The summed E-state index contributed by atoms with van der Waals surface area (Å²) in [4.78, 5) is 30.8. The number of nitrogens with zero attached hydrogens (tertiary/aromatic N) is 2. The number of Topliss-reactive ketones (excluding diaryl/α,β-unsaturated/α-hetero) is 1. The Morgan fingerprint density at radius 2 is 1.58 bits per heavy atom. The largest absolute Gasteiger partial charge is 0.507 e. The Kier molecular flexibility index (Phi) is 7.76. The maximum absolute atomic E-state index is 13.5. The van der Waals surface area contributed by atoms with Crippen molar-refractivity contribution >= 4 is 28.8 Å². The van der Waals surface area contributed by atoms with Crippen molar-refractivity contribution in [2.24, 2.45) is 0 Å². The van der Waals surface area contributed by atoms with Crippen molar-refractivity contribution in [3.8, 4) is 11.5 Å². The number of aliphatic hydroxyl groups excluding tert-OH is 1. The Morgan fingerprint density at radius 3 is 2.16 bits per heavy atom. The topological polar surface area (TPSA) is 79.3 Å². The molecule has 7 heteroatoms. The molecule has 1 amide bonds. The SMILES string of the molecule is CCN(CC)c1ccc(C2/C(=C(/O)c3ccc(OC)cc3OC)C(=O)C(=O)N2c2ccc(C)c(C)c2)cc1. The highest BCUT2D eigenvalue weighted by Gasteiger charge is 2.47. The normalized spacial score (nSPS) is 16.6. The van der Waals surface area contributed by atoms with Crippen molar-refractivity contribution in [2.45, 2.75) is 33.7 Å². The molecule has 1 fully saturated rings. The maximum atomic E-state index is 13.5. The fraction of sp³-hybridized carbons (Fsp3) is 0.290. The van der Waals surface area contributed by atoms with Crippen LogP contribution in [0.15, 0.2) is 66.2 Å². The number of ether oxygens (including phenoxy) is 2. The molecule has 198 valence electrons. The first-order chi connectivity index (χ1) is 18.2. The molecule has 1 atom stereocenters. The van der Waals surface area contributed by atoms with E-state index in [1.807, 2.05) is 56.3 Å². The average molecular weight is 515 g/mol. The molecule has 1 saturated heterocycles. The molecule has 38 heavy (non-hydrogen) atoms. The third kappa shape index (κ3) is 4.72. The van der Waals surface area contributed by atoms with Crippen LogP contribution >= 0.6 is 0 Å². The number of carbonyl (C=O) groups is 2. The van der Waals surface area contributed by atoms with E-state index < -0.39 is 17.7 Å². The number of anilines is 2. The van der Waals surface area contributed by atoms with Crippen molar-refractivity contribution in [1.29, 1.82) is 0 Å². The number of aliphatic hydroxyl groups is 1. The van der Waals surface area contributed by atoms with Gasteiger partial charge in [0, 0.05) is 30.5 Å². The molecule has 1 N–H and O–H groups in total. The predicted molar refractivity (Wildman–Crippen MR) is 150 cm³/mol. The van der Waals surface area contributed by atoms with Crippen LogP contribution in [0.25, 0.3) is 5.76 Å². The molecule has 1 unspecified atom stereocenters. The molecule has 3 aromatic carbocycles. The molecule has 0 spiro atoms. The molecule has 3 aromatic rings. The summed E-state index contributed by atoms with van der Waals surface area (Å²) in [6.45, 7) is 9.85. The standard InChI is InChI=1S/C31H34N2O5/c1-7-32(8-2)22-13-10-21(11-14-22)28-27(29(34)25-16-15-24(37-5)18-26(25)38-6)30(35)31(36)33(28)23-12-9-19(3)20(4)17-23/h9-18,28,34H,7-8H2,1-6H3/b29-27-. The fourth-order valence-electron chi connectivity index (χ4n) is 4.89. The van der Waals surface area contributed by atoms with E-state index in [1.54, 1.807) is 18.2 Å². The molecule has 0 bridgehead atoms. The summed E-state index contributed by atoms with van der Waals surface area (Å²) in [5.41, 5.74) is 4.73. The zero-order valence-electron chi connectivity index (χ0n) is 22.7. The molecule has 0 radical (unpaired) electrons. The van der Waals surface area contributed by atoms with Gasteiger partial charge in [0.15, 0.2) is 0 Å². The lowest BCUT2D eigenvalue weighted by Crippen LogP contribution is -2.29. The van der Waals surface area contributed by atoms with Crippen molar-refractivity contribution in [3.05, 3.63) is 88.5 Å². The quantitative estimate of drug-likeness (QED) is 0.233. The number of benzene rings is 3. The van der Waals surface area contributed by atoms with E-state index >= 15 is 0 Å². The van der Waals surface area contributed by atoms with Crippen LogP contribution in [0.4, 0.5) is 11.4 Å². The van der Waals surface area contributed by atoms with Gasteiger partial charge in [-0.05, 0) is 80.8 Å². The molecule has 1 heterocycles. The minimum atomic E-state index is -0.824. The van der Waals surface area contributed by atoms with Crippen molar-refractivity contribution in [2.75, 3.05) is 37.1 Å². The summed E-state index contributed by atoms with van der Waals surface area (Å²) >= 11 is 0. The van der Waals surface area contributed by atoms with Crippen molar-refractivity contribution < 1.29 is 24.2 Å². The van der Waals surface area contributed by atoms with Crippen LogP contribution in [-0.4, -0.2) is 44.1 Å². The highest BCUT2D eigenvalue weighted by Crippen LogP contribution is 2.44. The lowest BCUT2D eigenvalue weighted by atomic mass is 9.94. The second-order valence-electron chi connectivity index (χ2n) is 9.27. The van der Waals surface area contributed by atoms with E-state index in [0.29, 0.717) is 28.3 Å². The monoisotopic (exact) mass is 514 g/mol. The molecular weight excluding hydrogens is 480 g/mol. The first kappa shape index (κ1) is 26.8. The first-order valence-corrected chi connectivity index (χ1v) is 12.7. The van der Waals surface area contributed by atoms with Gasteiger partial charge in [-0.2, -0.15) is 0 Å². The number of hydrogen-bond donors (Lipinski definition) is 1. The van der Waals surface area contributed by atoms with E-state index in [-0.39, 0.29) is 11.3 Å². The van der Waals surface area contributed by atoms with Crippen LogP contribution in [0.1, 0.15) is 42.1 Å². The molecule has 0 aromatic heterocycles. The van der Waals surface area contributed by atoms with Gasteiger partial charge in [-0.15, -0.1) is 0 Å². The number of hydrogen-bond acceptors (Lipinski definition) is 6.